The van der Waals surface area contributed by atoms with Gasteiger partial charge in [-0.3, -0.25) is 9.59 Å². The van der Waals surface area contributed by atoms with E-state index in [4.69, 9.17) is 0 Å². The topological polar surface area (TPSA) is 83.6 Å². The van der Waals surface area contributed by atoms with E-state index in [0.717, 1.165) is 16.8 Å². The Hall–Kier alpha value is -1.89. The third-order valence-corrected chi connectivity index (χ3v) is 6.21. The molecule has 1 unspecified atom stereocenters. The highest BCUT2D eigenvalue weighted by molar-refractivity contribution is 7.91. The van der Waals surface area contributed by atoms with Crippen molar-refractivity contribution in [3.63, 3.8) is 0 Å². The third kappa shape index (κ3) is 3.39. The first-order valence-electron chi connectivity index (χ1n) is 7.79. The maximum atomic E-state index is 12.6. The van der Waals surface area contributed by atoms with E-state index < -0.39 is 9.84 Å². The number of rotatable bonds is 4. The summed E-state index contributed by atoms with van der Waals surface area (Å²) in [5.41, 5.74) is 2.57. The van der Waals surface area contributed by atoms with Crippen LogP contribution in [0.1, 0.15) is 24.5 Å². The number of sulfone groups is 1. The number of anilines is 1. The molecule has 23 heavy (non-hydrogen) atoms. The second kappa shape index (κ2) is 5.96. The maximum absolute atomic E-state index is 12.6. The molecule has 6 nitrogen and oxygen atoms in total. The van der Waals surface area contributed by atoms with E-state index in [9.17, 15) is 18.0 Å². The Balaban J connectivity index is 1.71. The molecule has 2 heterocycles. The van der Waals surface area contributed by atoms with Gasteiger partial charge in [0.15, 0.2) is 9.84 Å². The summed E-state index contributed by atoms with van der Waals surface area (Å²) >= 11 is 0. The van der Waals surface area contributed by atoms with Crippen LogP contribution in [0, 0.1) is 0 Å². The average molecular weight is 336 g/mol. The number of likely N-dealkylation sites (N-methyl/N-ethyl adjacent to an activating group) is 1. The van der Waals surface area contributed by atoms with E-state index in [1.807, 2.05) is 25.1 Å². The summed E-state index contributed by atoms with van der Waals surface area (Å²) < 4.78 is 23.2. The van der Waals surface area contributed by atoms with Crippen molar-refractivity contribution in [2.24, 2.45) is 0 Å². The molecule has 0 aliphatic carbocycles. The number of fused-ring (bicyclic) bond motifs is 1. The minimum Gasteiger partial charge on any atom is -0.339 e. The molecule has 2 aliphatic heterocycles. The molecule has 2 amide bonds. The lowest BCUT2D eigenvalue weighted by Crippen LogP contribution is -2.41. The van der Waals surface area contributed by atoms with Gasteiger partial charge in [0.25, 0.3) is 0 Å². The van der Waals surface area contributed by atoms with Crippen LogP contribution >= 0.6 is 0 Å². The molecule has 0 radical (unpaired) electrons. The van der Waals surface area contributed by atoms with Crippen LogP contribution in [0.4, 0.5) is 5.69 Å². The van der Waals surface area contributed by atoms with Gasteiger partial charge in [0.05, 0.1) is 24.3 Å². The Labute approximate surface area is 135 Å². The molecule has 3 rings (SSSR count). The number of hydrogen-bond donors (Lipinski definition) is 1. The van der Waals surface area contributed by atoms with Crippen molar-refractivity contribution >= 4 is 27.3 Å². The van der Waals surface area contributed by atoms with Gasteiger partial charge in [0.2, 0.25) is 11.8 Å². The van der Waals surface area contributed by atoms with Crippen molar-refractivity contribution in [2.75, 3.05) is 23.4 Å². The van der Waals surface area contributed by atoms with Crippen molar-refractivity contribution in [3.8, 4) is 0 Å². The van der Waals surface area contributed by atoms with Crippen LogP contribution in [0.25, 0.3) is 0 Å². The lowest BCUT2D eigenvalue weighted by Gasteiger charge is -2.27. The molecule has 7 heteroatoms. The van der Waals surface area contributed by atoms with E-state index in [0.29, 0.717) is 19.4 Å². The Morgan fingerprint density at radius 1 is 1.39 bits per heavy atom. The fourth-order valence-electron chi connectivity index (χ4n) is 3.33. The van der Waals surface area contributed by atoms with Crippen LogP contribution in [-0.4, -0.2) is 49.2 Å². The van der Waals surface area contributed by atoms with E-state index in [1.165, 1.54) is 0 Å². The highest BCUT2D eigenvalue weighted by Crippen LogP contribution is 2.25. The normalized spacial score (nSPS) is 21.8. The summed E-state index contributed by atoms with van der Waals surface area (Å²) in [5, 5.41) is 2.76. The average Bonchev–Trinajstić information content (AvgIpc) is 3.00. The Morgan fingerprint density at radius 2 is 2.17 bits per heavy atom. The summed E-state index contributed by atoms with van der Waals surface area (Å²) in [7, 11) is -3.01. The van der Waals surface area contributed by atoms with E-state index in [-0.39, 0.29) is 35.8 Å². The molecule has 0 aromatic heterocycles. The van der Waals surface area contributed by atoms with Crippen LogP contribution in [0.2, 0.25) is 0 Å². The second-order valence-electron chi connectivity index (χ2n) is 6.13. The molecule has 1 aromatic carbocycles. The van der Waals surface area contributed by atoms with Gasteiger partial charge < -0.3 is 10.2 Å². The van der Waals surface area contributed by atoms with Crippen molar-refractivity contribution in [1.29, 1.82) is 0 Å². The molecular formula is C16H20N2O4S. The smallest absolute Gasteiger partial charge is 0.228 e. The summed E-state index contributed by atoms with van der Waals surface area (Å²) in [6.07, 6.45) is 1.09. The van der Waals surface area contributed by atoms with Crippen LogP contribution in [0.5, 0.6) is 0 Å². The molecule has 1 atom stereocenters. The van der Waals surface area contributed by atoms with Crippen LogP contribution in [-0.2, 0) is 32.3 Å². The standard InChI is InChI=1S/C16H20N2O4S/c1-2-18(13-5-6-23(21,22)10-13)16(20)8-11-3-4-14-12(7-11)9-15(19)17-14/h3-4,7,13H,2,5-6,8-10H2,1H3,(H,17,19). The molecule has 0 bridgehead atoms. The molecule has 1 saturated heterocycles. The summed E-state index contributed by atoms with van der Waals surface area (Å²) in [6, 6.07) is 5.32. The molecule has 1 aromatic rings. The molecule has 2 aliphatic rings. The molecular weight excluding hydrogens is 316 g/mol. The van der Waals surface area contributed by atoms with Crippen LogP contribution in [0.15, 0.2) is 18.2 Å². The van der Waals surface area contributed by atoms with Gasteiger partial charge in [0.1, 0.15) is 0 Å². The Kier molecular flexibility index (Phi) is 4.14. The lowest BCUT2D eigenvalue weighted by atomic mass is 10.0. The zero-order valence-electron chi connectivity index (χ0n) is 13.0. The minimum atomic E-state index is -3.01. The van der Waals surface area contributed by atoms with Gasteiger partial charge in [-0.05, 0) is 30.5 Å². The quantitative estimate of drug-likeness (QED) is 0.880. The van der Waals surface area contributed by atoms with Gasteiger partial charge in [-0.1, -0.05) is 12.1 Å². The Morgan fingerprint density at radius 3 is 2.83 bits per heavy atom. The number of hydrogen-bond acceptors (Lipinski definition) is 4. The van der Waals surface area contributed by atoms with Crippen molar-refractivity contribution in [2.45, 2.75) is 32.2 Å². The van der Waals surface area contributed by atoms with Gasteiger partial charge >= 0.3 is 0 Å². The predicted molar refractivity (Wildman–Crippen MR) is 86.9 cm³/mol. The SMILES string of the molecule is CCN(C(=O)Cc1ccc2c(c1)CC(=O)N2)C1CCS(=O)(=O)C1. The lowest BCUT2D eigenvalue weighted by molar-refractivity contribution is -0.132. The predicted octanol–water partition coefficient (Wildman–Crippen LogP) is 0.759. The summed E-state index contributed by atoms with van der Waals surface area (Å²) in [6.45, 7) is 2.37. The zero-order valence-corrected chi connectivity index (χ0v) is 13.9. The summed E-state index contributed by atoms with van der Waals surface area (Å²) in [4.78, 5) is 25.6. The number of carbonyl (C=O) groups is 2. The van der Waals surface area contributed by atoms with Gasteiger partial charge in [-0.25, -0.2) is 8.42 Å². The van der Waals surface area contributed by atoms with Crippen LogP contribution < -0.4 is 5.32 Å². The number of benzene rings is 1. The largest absolute Gasteiger partial charge is 0.339 e. The van der Waals surface area contributed by atoms with Crippen molar-refractivity contribution in [3.05, 3.63) is 29.3 Å². The third-order valence-electron chi connectivity index (χ3n) is 4.46. The van der Waals surface area contributed by atoms with E-state index in [2.05, 4.69) is 5.32 Å². The number of carbonyl (C=O) groups excluding carboxylic acids is 2. The number of nitrogens with one attached hydrogen (secondary N) is 1. The molecule has 1 N–H and O–H groups in total. The zero-order chi connectivity index (χ0) is 16.6. The molecule has 1 fully saturated rings. The van der Waals surface area contributed by atoms with E-state index >= 15 is 0 Å². The highest BCUT2D eigenvalue weighted by atomic mass is 32.2. The van der Waals surface area contributed by atoms with Gasteiger partial charge in [-0.15, -0.1) is 0 Å². The van der Waals surface area contributed by atoms with Gasteiger partial charge in [-0.2, -0.15) is 0 Å². The molecule has 0 saturated carbocycles. The molecule has 124 valence electrons. The second-order valence-corrected chi connectivity index (χ2v) is 8.36. The highest BCUT2D eigenvalue weighted by Gasteiger charge is 2.33. The molecule has 0 spiro atoms. The van der Waals surface area contributed by atoms with Gasteiger partial charge in [0, 0.05) is 18.3 Å². The summed E-state index contributed by atoms with van der Waals surface area (Å²) in [5.74, 6) is 0.130. The number of amides is 2. The fraction of sp³-hybridized carbons (Fsp3) is 0.500. The first-order valence-corrected chi connectivity index (χ1v) is 9.61. The van der Waals surface area contributed by atoms with E-state index in [1.54, 1.807) is 4.90 Å². The Bertz CT molecular complexity index is 757. The van der Waals surface area contributed by atoms with Crippen molar-refractivity contribution < 1.29 is 18.0 Å². The maximum Gasteiger partial charge on any atom is 0.228 e. The first-order chi connectivity index (χ1) is 10.9. The fourth-order valence-corrected chi connectivity index (χ4v) is 5.06. The monoisotopic (exact) mass is 336 g/mol. The number of nitrogens with zero attached hydrogens (tertiary/aromatic N) is 1. The first kappa shape index (κ1) is 16.0. The minimum absolute atomic E-state index is 0.0326. The van der Waals surface area contributed by atoms with Crippen LogP contribution in [0.3, 0.4) is 0 Å². The van der Waals surface area contributed by atoms with Crippen molar-refractivity contribution in [1.82, 2.24) is 4.90 Å².